The zero-order valence-corrected chi connectivity index (χ0v) is 13.0. The van der Waals surface area contributed by atoms with Crippen LogP contribution in [0.15, 0.2) is 18.2 Å². The summed E-state index contributed by atoms with van der Waals surface area (Å²) in [4.78, 5) is 0. The normalized spacial score (nSPS) is 24.4. The molecule has 1 aromatic rings. The van der Waals surface area contributed by atoms with Gasteiger partial charge in [0.25, 0.3) is 0 Å². The molecule has 3 N–H and O–H groups in total. The zero-order valence-electron chi connectivity index (χ0n) is 13.0. The summed E-state index contributed by atoms with van der Waals surface area (Å²) in [6.07, 6.45) is 6.48. The average Bonchev–Trinajstić information content (AvgIpc) is 2.48. The summed E-state index contributed by atoms with van der Waals surface area (Å²) in [6, 6.07) is 6.54. The van der Waals surface area contributed by atoms with E-state index in [1.807, 2.05) is 0 Å². The van der Waals surface area contributed by atoms with Crippen molar-refractivity contribution in [3.63, 3.8) is 0 Å². The van der Waals surface area contributed by atoms with Gasteiger partial charge in [-0.15, -0.1) is 0 Å². The maximum absolute atomic E-state index is 5.89. The molecule has 0 bridgehead atoms. The Morgan fingerprint density at radius 2 is 2.20 bits per heavy atom. The number of methoxy groups -OCH3 is 1. The van der Waals surface area contributed by atoms with E-state index in [-0.39, 0.29) is 6.04 Å². The van der Waals surface area contributed by atoms with Crippen LogP contribution in [0.5, 0.6) is 5.75 Å². The SMILES string of the molecule is CCC1CCCC(C(NN)c2cc(C)ccc2OC)C1. The Kier molecular flexibility index (Phi) is 5.44. The Hall–Kier alpha value is -1.06. The number of rotatable bonds is 5. The van der Waals surface area contributed by atoms with E-state index < -0.39 is 0 Å². The molecule has 3 nitrogen and oxygen atoms in total. The van der Waals surface area contributed by atoms with Crippen LogP contribution in [0.2, 0.25) is 0 Å². The van der Waals surface area contributed by atoms with Gasteiger partial charge in [-0.2, -0.15) is 0 Å². The predicted octanol–water partition coefficient (Wildman–Crippen LogP) is 3.72. The van der Waals surface area contributed by atoms with E-state index >= 15 is 0 Å². The first kappa shape index (κ1) is 15.3. The quantitative estimate of drug-likeness (QED) is 0.636. The third-order valence-corrected chi connectivity index (χ3v) is 4.77. The Bertz CT molecular complexity index is 433. The summed E-state index contributed by atoms with van der Waals surface area (Å²) in [5.74, 6) is 8.29. The molecule has 2 rings (SSSR count). The van der Waals surface area contributed by atoms with Crippen LogP contribution in [-0.4, -0.2) is 7.11 Å². The summed E-state index contributed by atoms with van der Waals surface area (Å²) in [6.45, 7) is 4.41. The summed E-state index contributed by atoms with van der Waals surface area (Å²) in [7, 11) is 1.73. The summed E-state index contributed by atoms with van der Waals surface area (Å²) >= 11 is 0. The van der Waals surface area contributed by atoms with E-state index in [9.17, 15) is 0 Å². The van der Waals surface area contributed by atoms with Gasteiger partial charge in [-0.1, -0.05) is 43.9 Å². The van der Waals surface area contributed by atoms with E-state index in [1.165, 1.54) is 43.2 Å². The second kappa shape index (κ2) is 7.09. The molecule has 20 heavy (non-hydrogen) atoms. The van der Waals surface area contributed by atoms with Gasteiger partial charge in [0.2, 0.25) is 0 Å². The van der Waals surface area contributed by atoms with Gasteiger partial charge in [0.1, 0.15) is 5.75 Å². The van der Waals surface area contributed by atoms with Gasteiger partial charge in [-0.05, 0) is 37.7 Å². The van der Waals surface area contributed by atoms with E-state index in [4.69, 9.17) is 10.6 Å². The highest BCUT2D eigenvalue weighted by atomic mass is 16.5. The molecule has 1 aliphatic rings. The van der Waals surface area contributed by atoms with Crippen molar-refractivity contribution in [2.75, 3.05) is 7.11 Å². The molecule has 3 heteroatoms. The number of aryl methyl sites for hydroxylation is 1. The first-order chi connectivity index (χ1) is 9.69. The molecule has 0 radical (unpaired) electrons. The molecule has 0 spiro atoms. The van der Waals surface area contributed by atoms with Gasteiger partial charge < -0.3 is 4.74 Å². The molecule has 1 aromatic carbocycles. The highest BCUT2D eigenvalue weighted by Gasteiger charge is 2.29. The molecule has 0 heterocycles. The fourth-order valence-corrected chi connectivity index (χ4v) is 3.58. The molecular formula is C17H28N2O. The monoisotopic (exact) mass is 276 g/mol. The van der Waals surface area contributed by atoms with Crippen LogP contribution < -0.4 is 16.0 Å². The van der Waals surface area contributed by atoms with Gasteiger partial charge in [-0.25, -0.2) is 0 Å². The van der Waals surface area contributed by atoms with Crippen molar-refractivity contribution in [3.8, 4) is 5.75 Å². The van der Waals surface area contributed by atoms with Crippen molar-refractivity contribution >= 4 is 0 Å². The molecule has 3 atom stereocenters. The molecule has 0 aliphatic heterocycles. The minimum atomic E-state index is 0.194. The first-order valence-electron chi connectivity index (χ1n) is 7.80. The topological polar surface area (TPSA) is 47.3 Å². The summed E-state index contributed by atoms with van der Waals surface area (Å²) < 4.78 is 5.53. The van der Waals surface area contributed by atoms with Gasteiger partial charge in [0.15, 0.2) is 0 Å². The zero-order chi connectivity index (χ0) is 14.5. The summed E-state index contributed by atoms with van der Waals surface area (Å²) in [5, 5.41) is 0. The lowest BCUT2D eigenvalue weighted by Crippen LogP contribution is -2.36. The van der Waals surface area contributed by atoms with Crippen LogP contribution in [-0.2, 0) is 0 Å². The Morgan fingerprint density at radius 1 is 1.40 bits per heavy atom. The van der Waals surface area contributed by atoms with Crippen molar-refractivity contribution in [2.24, 2.45) is 17.7 Å². The Morgan fingerprint density at radius 3 is 2.85 bits per heavy atom. The number of ether oxygens (including phenoxy) is 1. The van der Waals surface area contributed by atoms with E-state index in [1.54, 1.807) is 7.11 Å². The third-order valence-electron chi connectivity index (χ3n) is 4.77. The Balaban J connectivity index is 2.25. The van der Waals surface area contributed by atoms with Crippen LogP contribution >= 0.6 is 0 Å². The van der Waals surface area contributed by atoms with Crippen LogP contribution in [0.4, 0.5) is 0 Å². The standard InChI is InChI=1S/C17H28N2O/c1-4-13-6-5-7-14(11-13)17(19-18)15-10-12(2)8-9-16(15)20-3/h8-10,13-14,17,19H,4-7,11,18H2,1-3H3. The average molecular weight is 276 g/mol. The molecule has 112 valence electrons. The molecule has 1 fully saturated rings. The van der Waals surface area contributed by atoms with Gasteiger partial charge >= 0.3 is 0 Å². The first-order valence-corrected chi connectivity index (χ1v) is 7.80. The van der Waals surface area contributed by atoms with Gasteiger partial charge in [0.05, 0.1) is 13.2 Å². The highest BCUT2D eigenvalue weighted by molar-refractivity contribution is 5.39. The van der Waals surface area contributed by atoms with E-state index in [2.05, 4.69) is 37.5 Å². The van der Waals surface area contributed by atoms with Crippen LogP contribution in [0.1, 0.15) is 56.2 Å². The smallest absolute Gasteiger partial charge is 0.123 e. The largest absolute Gasteiger partial charge is 0.496 e. The molecule has 1 saturated carbocycles. The van der Waals surface area contributed by atoms with Crippen LogP contribution in [0.25, 0.3) is 0 Å². The lowest BCUT2D eigenvalue weighted by Gasteiger charge is -2.34. The van der Waals surface area contributed by atoms with Gasteiger partial charge in [0, 0.05) is 5.56 Å². The molecular weight excluding hydrogens is 248 g/mol. The minimum Gasteiger partial charge on any atom is -0.496 e. The third kappa shape index (κ3) is 3.33. The van der Waals surface area contributed by atoms with Crippen molar-refractivity contribution in [3.05, 3.63) is 29.3 Å². The van der Waals surface area contributed by atoms with Crippen molar-refractivity contribution in [1.82, 2.24) is 5.43 Å². The lowest BCUT2D eigenvalue weighted by molar-refractivity contribution is 0.207. The van der Waals surface area contributed by atoms with Gasteiger partial charge in [-0.3, -0.25) is 11.3 Å². The second-order valence-electron chi connectivity index (χ2n) is 6.09. The highest BCUT2D eigenvalue weighted by Crippen LogP contribution is 2.40. The van der Waals surface area contributed by atoms with E-state index in [0.717, 1.165) is 11.7 Å². The lowest BCUT2D eigenvalue weighted by atomic mass is 9.75. The number of hydrogen-bond donors (Lipinski definition) is 2. The Labute approximate surface area is 122 Å². The van der Waals surface area contributed by atoms with E-state index in [0.29, 0.717) is 5.92 Å². The molecule has 0 amide bonds. The van der Waals surface area contributed by atoms with Crippen molar-refractivity contribution < 1.29 is 4.74 Å². The fourth-order valence-electron chi connectivity index (χ4n) is 3.58. The van der Waals surface area contributed by atoms with Crippen LogP contribution in [0, 0.1) is 18.8 Å². The number of nitrogens with one attached hydrogen (secondary N) is 1. The maximum atomic E-state index is 5.89. The maximum Gasteiger partial charge on any atom is 0.123 e. The molecule has 1 aliphatic carbocycles. The number of hydrazine groups is 1. The molecule has 0 saturated heterocycles. The second-order valence-corrected chi connectivity index (χ2v) is 6.09. The molecule has 0 aromatic heterocycles. The number of hydrogen-bond acceptors (Lipinski definition) is 3. The minimum absolute atomic E-state index is 0.194. The van der Waals surface area contributed by atoms with Crippen molar-refractivity contribution in [1.29, 1.82) is 0 Å². The van der Waals surface area contributed by atoms with Crippen LogP contribution in [0.3, 0.4) is 0 Å². The fraction of sp³-hybridized carbons (Fsp3) is 0.647. The molecule has 3 unspecified atom stereocenters. The van der Waals surface area contributed by atoms with Crippen molar-refractivity contribution in [2.45, 2.75) is 52.0 Å². The number of benzene rings is 1. The predicted molar refractivity (Wildman–Crippen MR) is 83.5 cm³/mol. The summed E-state index contributed by atoms with van der Waals surface area (Å²) in [5.41, 5.74) is 5.51. The number of nitrogens with two attached hydrogens (primary N) is 1.